The van der Waals surface area contributed by atoms with Crippen LogP contribution in [0.1, 0.15) is 23.8 Å². The highest BCUT2D eigenvalue weighted by atomic mass is 16.5. The third kappa shape index (κ3) is 5.09. The second-order valence-electron chi connectivity index (χ2n) is 4.09. The van der Waals surface area contributed by atoms with Crippen LogP contribution in [0.5, 0.6) is 5.88 Å². The molecule has 6 heteroatoms. The largest absolute Gasteiger partial charge is 0.478 e. The van der Waals surface area contributed by atoms with Crippen molar-refractivity contribution in [2.24, 2.45) is 0 Å². The number of ether oxygens (including phenoxy) is 1. The standard InChI is InChI=1S/C12H20N4O2/c1-4-18-11-8-10(14-9-15-11)12(17)13-6-5-7-16(2)3/h8-9H,4-7H2,1-3H3,(H,13,17). The summed E-state index contributed by atoms with van der Waals surface area (Å²) in [6.07, 6.45) is 2.24. The van der Waals surface area contributed by atoms with Gasteiger partial charge in [-0.05, 0) is 34.0 Å². The van der Waals surface area contributed by atoms with Crippen LogP contribution in [0.15, 0.2) is 12.4 Å². The van der Waals surface area contributed by atoms with Crippen molar-refractivity contribution in [1.82, 2.24) is 20.2 Å². The molecule has 0 aliphatic carbocycles. The zero-order chi connectivity index (χ0) is 13.4. The van der Waals surface area contributed by atoms with Crippen LogP contribution in [0, 0.1) is 0 Å². The molecule has 0 saturated carbocycles. The van der Waals surface area contributed by atoms with E-state index in [0.717, 1.165) is 13.0 Å². The zero-order valence-corrected chi connectivity index (χ0v) is 11.1. The smallest absolute Gasteiger partial charge is 0.270 e. The van der Waals surface area contributed by atoms with Crippen molar-refractivity contribution in [1.29, 1.82) is 0 Å². The Morgan fingerprint density at radius 1 is 1.44 bits per heavy atom. The molecule has 0 aliphatic heterocycles. The predicted molar refractivity (Wildman–Crippen MR) is 68.7 cm³/mol. The van der Waals surface area contributed by atoms with Gasteiger partial charge in [0.25, 0.3) is 5.91 Å². The van der Waals surface area contributed by atoms with E-state index in [-0.39, 0.29) is 5.91 Å². The Bertz CT molecular complexity index is 382. The van der Waals surface area contributed by atoms with Crippen LogP contribution in [0.2, 0.25) is 0 Å². The molecule has 0 radical (unpaired) electrons. The topological polar surface area (TPSA) is 67.3 Å². The highest BCUT2D eigenvalue weighted by molar-refractivity contribution is 5.92. The number of nitrogens with one attached hydrogen (secondary N) is 1. The van der Waals surface area contributed by atoms with Crippen LogP contribution in [-0.4, -0.2) is 54.6 Å². The van der Waals surface area contributed by atoms with E-state index >= 15 is 0 Å². The highest BCUT2D eigenvalue weighted by Gasteiger charge is 2.08. The molecule has 1 rings (SSSR count). The Morgan fingerprint density at radius 3 is 2.89 bits per heavy atom. The van der Waals surface area contributed by atoms with Crippen LogP contribution >= 0.6 is 0 Å². The normalized spacial score (nSPS) is 10.4. The van der Waals surface area contributed by atoms with Gasteiger partial charge in [-0.1, -0.05) is 0 Å². The Morgan fingerprint density at radius 2 is 2.22 bits per heavy atom. The maximum Gasteiger partial charge on any atom is 0.270 e. The van der Waals surface area contributed by atoms with E-state index in [0.29, 0.717) is 24.7 Å². The molecule has 0 atom stereocenters. The molecule has 0 saturated heterocycles. The summed E-state index contributed by atoms with van der Waals surface area (Å²) >= 11 is 0. The summed E-state index contributed by atoms with van der Waals surface area (Å²) in [4.78, 5) is 21.7. The van der Waals surface area contributed by atoms with E-state index in [1.54, 1.807) is 6.07 Å². The number of carbonyl (C=O) groups is 1. The summed E-state index contributed by atoms with van der Waals surface area (Å²) in [6, 6.07) is 1.55. The molecule has 100 valence electrons. The van der Waals surface area contributed by atoms with Gasteiger partial charge in [-0.25, -0.2) is 9.97 Å². The van der Waals surface area contributed by atoms with Gasteiger partial charge < -0.3 is 15.0 Å². The fraction of sp³-hybridized carbons (Fsp3) is 0.583. The first kappa shape index (κ1) is 14.4. The molecule has 1 amide bonds. The van der Waals surface area contributed by atoms with Crippen LogP contribution < -0.4 is 10.1 Å². The molecular weight excluding hydrogens is 232 g/mol. The molecule has 0 aliphatic rings. The van der Waals surface area contributed by atoms with Crippen molar-refractivity contribution in [2.75, 3.05) is 33.8 Å². The second-order valence-corrected chi connectivity index (χ2v) is 4.09. The van der Waals surface area contributed by atoms with Crippen molar-refractivity contribution < 1.29 is 9.53 Å². The maximum absolute atomic E-state index is 11.8. The number of aromatic nitrogens is 2. The van der Waals surface area contributed by atoms with Gasteiger partial charge in [0, 0.05) is 12.6 Å². The fourth-order valence-corrected chi connectivity index (χ4v) is 1.38. The molecule has 18 heavy (non-hydrogen) atoms. The molecule has 0 spiro atoms. The third-order valence-electron chi connectivity index (χ3n) is 2.23. The quantitative estimate of drug-likeness (QED) is 0.718. The van der Waals surface area contributed by atoms with E-state index in [1.807, 2.05) is 21.0 Å². The SMILES string of the molecule is CCOc1cc(C(=O)NCCCN(C)C)ncn1. The van der Waals surface area contributed by atoms with E-state index in [9.17, 15) is 4.79 Å². The van der Waals surface area contributed by atoms with Gasteiger partial charge in [-0.3, -0.25) is 4.79 Å². The number of hydrogen-bond donors (Lipinski definition) is 1. The number of rotatable bonds is 7. The third-order valence-corrected chi connectivity index (χ3v) is 2.23. The summed E-state index contributed by atoms with van der Waals surface area (Å²) in [5, 5.41) is 2.81. The number of hydrogen-bond acceptors (Lipinski definition) is 5. The minimum absolute atomic E-state index is 0.197. The molecule has 0 fully saturated rings. The summed E-state index contributed by atoms with van der Waals surface area (Å²) < 4.78 is 5.22. The van der Waals surface area contributed by atoms with Gasteiger partial charge in [-0.2, -0.15) is 0 Å². The number of amides is 1. The number of carbonyl (C=O) groups excluding carboxylic acids is 1. The van der Waals surface area contributed by atoms with Crippen LogP contribution in [-0.2, 0) is 0 Å². The molecule has 0 bridgehead atoms. The van der Waals surface area contributed by atoms with Gasteiger partial charge >= 0.3 is 0 Å². The van der Waals surface area contributed by atoms with Crippen LogP contribution in [0.4, 0.5) is 0 Å². The van der Waals surface area contributed by atoms with Gasteiger partial charge in [0.1, 0.15) is 12.0 Å². The van der Waals surface area contributed by atoms with Crippen LogP contribution in [0.25, 0.3) is 0 Å². The highest BCUT2D eigenvalue weighted by Crippen LogP contribution is 2.06. The van der Waals surface area contributed by atoms with Crippen molar-refractivity contribution in [3.8, 4) is 5.88 Å². The minimum atomic E-state index is -0.197. The van der Waals surface area contributed by atoms with Crippen molar-refractivity contribution in [2.45, 2.75) is 13.3 Å². The first-order valence-electron chi connectivity index (χ1n) is 6.01. The van der Waals surface area contributed by atoms with Gasteiger partial charge in [0.15, 0.2) is 0 Å². The summed E-state index contributed by atoms with van der Waals surface area (Å²) in [7, 11) is 4.00. The van der Waals surface area contributed by atoms with Gasteiger partial charge in [0.05, 0.1) is 6.61 Å². The molecule has 6 nitrogen and oxygen atoms in total. The average molecular weight is 252 g/mol. The lowest BCUT2D eigenvalue weighted by molar-refractivity contribution is 0.0946. The average Bonchev–Trinajstić information content (AvgIpc) is 2.35. The molecular formula is C12H20N4O2. The number of nitrogens with zero attached hydrogens (tertiary/aromatic N) is 3. The molecule has 1 N–H and O–H groups in total. The molecule has 1 aromatic rings. The lowest BCUT2D eigenvalue weighted by Gasteiger charge is -2.09. The van der Waals surface area contributed by atoms with Crippen molar-refractivity contribution in [3.05, 3.63) is 18.1 Å². The molecule has 1 heterocycles. The summed E-state index contributed by atoms with van der Waals surface area (Å²) in [5.41, 5.74) is 0.332. The van der Waals surface area contributed by atoms with E-state index < -0.39 is 0 Å². The summed E-state index contributed by atoms with van der Waals surface area (Å²) in [5.74, 6) is 0.225. The lowest BCUT2D eigenvalue weighted by atomic mass is 10.3. The zero-order valence-electron chi connectivity index (χ0n) is 11.1. The first-order chi connectivity index (χ1) is 8.63. The molecule has 1 aromatic heterocycles. The van der Waals surface area contributed by atoms with Crippen LogP contribution in [0.3, 0.4) is 0 Å². The lowest BCUT2D eigenvalue weighted by Crippen LogP contribution is -2.27. The second kappa shape index (κ2) is 7.60. The van der Waals surface area contributed by atoms with Gasteiger partial charge in [-0.15, -0.1) is 0 Å². The van der Waals surface area contributed by atoms with Crippen molar-refractivity contribution in [3.63, 3.8) is 0 Å². The van der Waals surface area contributed by atoms with Crippen molar-refractivity contribution >= 4 is 5.91 Å². The minimum Gasteiger partial charge on any atom is -0.478 e. The Kier molecular flexibility index (Phi) is 6.07. The van der Waals surface area contributed by atoms with Gasteiger partial charge in [0.2, 0.25) is 5.88 Å². The van der Waals surface area contributed by atoms with E-state index in [2.05, 4.69) is 20.2 Å². The molecule has 0 aromatic carbocycles. The van der Waals surface area contributed by atoms with E-state index in [4.69, 9.17) is 4.74 Å². The monoisotopic (exact) mass is 252 g/mol. The predicted octanol–water partition coefficient (Wildman–Crippen LogP) is 0.557. The first-order valence-corrected chi connectivity index (χ1v) is 6.01. The Balaban J connectivity index is 2.43. The van der Waals surface area contributed by atoms with E-state index in [1.165, 1.54) is 6.33 Å². The Labute approximate surface area is 107 Å². The Hall–Kier alpha value is -1.69. The summed E-state index contributed by atoms with van der Waals surface area (Å²) in [6.45, 7) is 3.95. The maximum atomic E-state index is 11.8. The molecule has 0 unspecified atom stereocenters. The fourth-order valence-electron chi connectivity index (χ4n) is 1.38.